The van der Waals surface area contributed by atoms with Crippen molar-refractivity contribution < 1.29 is 32.6 Å². The second-order valence-electron chi connectivity index (χ2n) is 4.65. The van der Waals surface area contributed by atoms with Gasteiger partial charge in [-0.2, -0.15) is 8.78 Å². The zero-order valence-corrected chi connectivity index (χ0v) is 15.2. The van der Waals surface area contributed by atoms with Crippen molar-refractivity contribution in [3.63, 3.8) is 0 Å². The molecular weight excluding hydrogens is 390 g/mol. The summed E-state index contributed by atoms with van der Waals surface area (Å²) in [6.07, 6.45) is 0. The standard InChI is InChI=1S/C16H19BrF2O5/c1-4-22-12-9-7-11(8-10-12)15(16(17,18)19,13(20)23-5-2)14(21)24-6-3/h7-10H,4-6H2,1-3H3. The Bertz CT molecular complexity index is 551. The van der Waals surface area contributed by atoms with Gasteiger partial charge in [0, 0.05) is 0 Å². The smallest absolute Gasteiger partial charge is 0.335 e. The summed E-state index contributed by atoms with van der Waals surface area (Å²) in [4.78, 5) is 20.8. The average molecular weight is 409 g/mol. The van der Waals surface area contributed by atoms with Gasteiger partial charge in [0.2, 0.25) is 0 Å². The van der Waals surface area contributed by atoms with Crippen molar-refractivity contribution in [2.45, 2.75) is 31.0 Å². The number of alkyl halides is 3. The number of carbonyl (C=O) groups is 2. The third-order valence-electron chi connectivity index (χ3n) is 3.19. The van der Waals surface area contributed by atoms with Gasteiger partial charge in [-0.15, -0.1) is 0 Å². The lowest BCUT2D eigenvalue weighted by molar-refractivity contribution is -0.175. The Morgan fingerprint density at radius 1 is 0.958 bits per heavy atom. The maximum Gasteiger partial charge on any atom is 0.335 e. The summed E-state index contributed by atoms with van der Waals surface area (Å²) in [6.45, 7) is 4.73. The van der Waals surface area contributed by atoms with E-state index in [-0.39, 0.29) is 18.8 Å². The molecule has 24 heavy (non-hydrogen) atoms. The highest BCUT2D eigenvalue weighted by molar-refractivity contribution is 9.10. The molecule has 0 saturated heterocycles. The highest BCUT2D eigenvalue weighted by Gasteiger charge is 2.67. The zero-order valence-electron chi connectivity index (χ0n) is 13.6. The summed E-state index contributed by atoms with van der Waals surface area (Å²) < 4.78 is 43.6. The van der Waals surface area contributed by atoms with E-state index in [1.807, 2.05) is 0 Å². The van der Waals surface area contributed by atoms with E-state index in [9.17, 15) is 18.4 Å². The maximum absolute atomic E-state index is 14.4. The lowest BCUT2D eigenvalue weighted by Crippen LogP contribution is -2.56. The highest BCUT2D eigenvalue weighted by atomic mass is 79.9. The van der Waals surface area contributed by atoms with Crippen LogP contribution >= 0.6 is 15.9 Å². The molecule has 0 N–H and O–H groups in total. The molecule has 0 unspecified atom stereocenters. The molecule has 0 aromatic heterocycles. The van der Waals surface area contributed by atoms with E-state index >= 15 is 0 Å². The Morgan fingerprint density at radius 3 is 1.75 bits per heavy atom. The third kappa shape index (κ3) is 3.85. The first kappa shape index (κ1) is 20.3. The van der Waals surface area contributed by atoms with E-state index < -0.39 is 22.2 Å². The van der Waals surface area contributed by atoms with E-state index in [4.69, 9.17) is 14.2 Å². The van der Waals surface area contributed by atoms with Gasteiger partial charge < -0.3 is 14.2 Å². The molecule has 0 aliphatic heterocycles. The molecule has 134 valence electrons. The minimum atomic E-state index is -3.92. The van der Waals surface area contributed by atoms with Crippen molar-refractivity contribution in [1.82, 2.24) is 0 Å². The Kier molecular flexibility index (Phi) is 7.13. The quantitative estimate of drug-likeness (QED) is 0.374. The monoisotopic (exact) mass is 408 g/mol. The van der Waals surface area contributed by atoms with Crippen LogP contribution in [0.15, 0.2) is 24.3 Å². The Hall–Kier alpha value is -1.70. The molecule has 0 bridgehead atoms. The fraction of sp³-hybridized carbons (Fsp3) is 0.500. The molecule has 0 spiro atoms. The molecule has 0 fully saturated rings. The lowest BCUT2D eigenvalue weighted by atomic mass is 9.80. The van der Waals surface area contributed by atoms with Gasteiger partial charge in [0.1, 0.15) is 5.75 Å². The van der Waals surface area contributed by atoms with Crippen molar-refractivity contribution in [1.29, 1.82) is 0 Å². The fourth-order valence-corrected chi connectivity index (χ4v) is 2.71. The molecule has 1 aromatic carbocycles. The molecule has 1 rings (SSSR count). The van der Waals surface area contributed by atoms with E-state index in [1.54, 1.807) is 6.92 Å². The molecule has 8 heteroatoms. The molecule has 0 aliphatic carbocycles. The minimum absolute atomic E-state index is 0.167. The second kappa shape index (κ2) is 8.41. The summed E-state index contributed by atoms with van der Waals surface area (Å²) in [5, 5.41) is 0. The number of carbonyl (C=O) groups excluding carboxylic acids is 2. The van der Waals surface area contributed by atoms with E-state index in [0.717, 1.165) is 0 Å². The molecule has 0 heterocycles. The Labute approximate surface area is 147 Å². The normalized spacial score (nSPS) is 11.8. The minimum Gasteiger partial charge on any atom is -0.494 e. The van der Waals surface area contributed by atoms with E-state index in [1.165, 1.54) is 38.1 Å². The van der Waals surface area contributed by atoms with Crippen LogP contribution in [0.5, 0.6) is 5.75 Å². The van der Waals surface area contributed by atoms with Gasteiger partial charge in [0.05, 0.1) is 19.8 Å². The number of esters is 2. The van der Waals surface area contributed by atoms with Gasteiger partial charge in [-0.25, -0.2) is 0 Å². The van der Waals surface area contributed by atoms with Crippen molar-refractivity contribution >= 4 is 27.9 Å². The predicted molar refractivity (Wildman–Crippen MR) is 86.4 cm³/mol. The van der Waals surface area contributed by atoms with Crippen molar-refractivity contribution in [2.75, 3.05) is 19.8 Å². The van der Waals surface area contributed by atoms with Gasteiger partial charge in [-0.1, -0.05) is 12.1 Å². The molecule has 0 atom stereocenters. The molecule has 5 nitrogen and oxygen atoms in total. The fourth-order valence-electron chi connectivity index (χ4n) is 2.16. The number of hydrogen-bond acceptors (Lipinski definition) is 5. The number of hydrogen-bond donors (Lipinski definition) is 0. The molecule has 0 saturated carbocycles. The van der Waals surface area contributed by atoms with Crippen molar-refractivity contribution in [3.8, 4) is 5.75 Å². The summed E-state index contributed by atoms with van der Waals surface area (Å²) in [5.74, 6) is -2.37. The molecule has 0 aliphatic rings. The van der Waals surface area contributed by atoms with Crippen LogP contribution in [0.2, 0.25) is 0 Å². The maximum atomic E-state index is 14.4. The Morgan fingerprint density at radius 2 is 1.42 bits per heavy atom. The van der Waals surface area contributed by atoms with E-state index in [2.05, 4.69) is 15.9 Å². The second-order valence-corrected chi connectivity index (χ2v) is 5.64. The van der Waals surface area contributed by atoms with E-state index in [0.29, 0.717) is 12.4 Å². The number of halogens is 3. The van der Waals surface area contributed by atoms with Crippen molar-refractivity contribution in [2.24, 2.45) is 0 Å². The van der Waals surface area contributed by atoms with Gasteiger partial charge >= 0.3 is 16.8 Å². The number of ether oxygens (including phenoxy) is 3. The predicted octanol–water partition coefficient (Wildman–Crippen LogP) is 3.44. The van der Waals surface area contributed by atoms with Crippen LogP contribution in [0.25, 0.3) is 0 Å². The van der Waals surface area contributed by atoms with Gasteiger partial charge in [-0.3, -0.25) is 9.59 Å². The molecule has 1 aromatic rings. The van der Waals surface area contributed by atoms with Gasteiger partial charge in [0.25, 0.3) is 5.41 Å². The number of benzene rings is 1. The SMILES string of the molecule is CCOC(=O)C(C(=O)OCC)(c1ccc(OCC)cc1)C(F)(F)Br. The number of rotatable bonds is 8. The summed E-state index contributed by atoms with van der Waals surface area (Å²) >= 11 is 2.16. The van der Waals surface area contributed by atoms with Crippen LogP contribution < -0.4 is 4.74 Å². The summed E-state index contributed by atoms with van der Waals surface area (Å²) in [6, 6.07) is 5.22. The molecule has 0 amide bonds. The zero-order chi connectivity index (χ0) is 18.4. The summed E-state index contributed by atoms with van der Waals surface area (Å²) in [7, 11) is 0. The Balaban J connectivity index is 3.54. The van der Waals surface area contributed by atoms with Crippen LogP contribution in [-0.2, 0) is 24.5 Å². The highest BCUT2D eigenvalue weighted by Crippen LogP contribution is 2.46. The van der Waals surface area contributed by atoms with Crippen LogP contribution in [0, 0.1) is 0 Å². The van der Waals surface area contributed by atoms with Gasteiger partial charge in [-0.05, 0) is 54.4 Å². The first-order valence-corrected chi connectivity index (χ1v) is 8.19. The molecule has 0 radical (unpaired) electrons. The molecular formula is C16H19BrF2O5. The summed E-state index contributed by atoms with van der Waals surface area (Å²) in [5.41, 5.74) is -3.21. The first-order chi connectivity index (χ1) is 11.2. The van der Waals surface area contributed by atoms with Crippen LogP contribution in [0.4, 0.5) is 8.78 Å². The van der Waals surface area contributed by atoms with Crippen LogP contribution in [-0.4, -0.2) is 36.6 Å². The lowest BCUT2D eigenvalue weighted by Gasteiger charge is -2.33. The first-order valence-electron chi connectivity index (χ1n) is 7.40. The van der Waals surface area contributed by atoms with Gasteiger partial charge in [0.15, 0.2) is 0 Å². The van der Waals surface area contributed by atoms with Crippen molar-refractivity contribution in [3.05, 3.63) is 29.8 Å². The van der Waals surface area contributed by atoms with Crippen LogP contribution in [0.1, 0.15) is 26.3 Å². The topological polar surface area (TPSA) is 61.8 Å². The largest absolute Gasteiger partial charge is 0.494 e. The average Bonchev–Trinajstić information content (AvgIpc) is 2.49. The third-order valence-corrected chi connectivity index (χ3v) is 3.78. The van der Waals surface area contributed by atoms with Crippen LogP contribution in [0.3, 0.4) is 0 Å².